The van der Waals surface area contributed by atoms with Crippen molar-refractivity contribution in [3.05, 3.63) is 23.5 Å². The summed E-state index contributed by atoms with van der Waals surface area (Å²) >= 11 is 0. The summed E-state index contributed by atoms with van der Waals surface area (Å²) in [4.78, 5) is 14.5. The van der Waals surface area contributed by atoms with Crippen LogP contribution in [0.15, 0.2) is 12.3 Å². The van der Waals surface area contributed by atoms with Crippen molar-refractivity contribution >= 4 is 5.91 Å². The number of carbonyl (C=O) groups is 1. The normalized spacial score (nSPS) is 12.5. The van der Waals surface area contributed by atoms with Crippen LogP contribution in [0.25, 0.3) is 0 Å². The molecule has 0 fully saturated rings. The second-order valence-corrected chi connectivity index (χ2v) is 3.30. The fraction of sp³-hybridized carbons (Fsp3) is 0.500. The van der Waals surface area contributed by atoms with Gasteiger partial charge in [0.15, 0.2) is 0 Å². The summed E-state index contributed by atoms with van der Waals surface area (Å²) in [7, 11) is 0. The predicted molar refractivity (Wildman–Crippen MR) is 52.7 cm³/mol. The first-order valence-electron chi connectivity index (χ1n) is 4.60. The lowest BCUT2D eigenvalue weighted by atomic mass is 10.2. The molecule has 3 nitrogen and oxygen atoms in total. The van der Waals surface area contributed by atoms with E-state index in [9.17, 15) is 4.79 Å². The Labute approximate surface area is 78.5 Å². The maximum absolute atomic E-state index is 11.6. The molecule has 0 bridgehead atoms. The lowest BCUT2D eigenvalue weighted by molar-refractivity contribution is 0.0939. The number of hydrogen-bond acceptors (Lipinski definition) is 1. The fourth-order valence-electron chi connectivity index (χ4n) is 1.10. The van der Waals surface area contributed by atoms with Gasteiger partial charge in [-0.15, -0.1) is 0 Å². The molecule has 0 aromatic carbocycles. The van der Waals surface area contributed by atoms with Crippen molar-refractivity contribution in [1.82, 2.24) is 10.3 Å². The highest BCUT2D eigenvalue weighted by Crippen LogP contribution is 2.05. The van der Waals surface area contributed by atoms with Crippen LogP contribution in [0.1, 0.15) is 36.3 Å². The summed E-state index contributed by atoms with van der Waals surface area (Å²) in [5, 5.41) is 2.91. The second kappa shape index (κ2) is 4.12. The number of aromatic nitrogens is 1. The Hall–Kier alpha value is -1.25. The van der Waals surface area contributed by atoms with Crippen molar-refractivity contribution in [3.8, 4) is 0 Å². The Morgan fingerprint density at radius 3 is 2.85 bits per heavy atom. The Morgan fingerprint density at radius 1 is 1.69 bits per heavy atom. The van der Waals surface area contributed by atoms with Gasteiger partial charge in [0.05, 0.1) is 5.56 Å². The molecule has 1 amide bonds. The van der Waals surface area contributed by atoms with E-state index in [4.69, 9.17) is 0 Å². The minimum atomic E-state index is 0.00750. The van der Waals surface area contributed by atoms with Crippen molar-refractivity contribution in [2.75, 3.05) is 0 Å². The van der Waals surface area contributed by atoms with Gasteiger partial charge in [-0.05, 0) is 26.3 Å². The Balaban J connectivity index is 2.64. The molecule has 3 heteroatoms. The third kappa shape index (κ3) is 2.34. The van der Waals surface area contributed by atoms with Crippen LogP contribution in [0.3, 0.4) is 0 Å². The van der Waals surface area contributed by atoms with Crippen LogP contribution < -0.4 is 5.32 Å². The van der Waals surface area contributed by atoms with Gasteiger partial charge >= 0.3 is 0 Å². The molecule has 13 heavy (non-hydrogen) atoms. The first-order valence-corrected chi connectivity index (χ1v) is 4.60. The van der Waals surface area contributed by atoms with Gasteiger partial charge in [-0.2, -0.15) is 0 Å². The van der Waals surface area contributed by atoms with Gasteiger partial charge in [-0.1, -0.05) is 6.92 Å². The minimum absolute atomic E-state index is 0.00750. The topological polar surface area (TPSA) is 44.9 Å². The molecule has 1 aromatic rings. The highest BCUT2D eigenvalue weighted by Gasteiger charge is 2.10. The number of nitrogens with one attached hydrogen (secondary N) is 2. The molecular formula is C10H16N2O. The van der Waals surface area contributed by atoms with Crippen molar-refractivity contribution in [2.45, 2.75) is 33.2 Å². The molecule has 0 aliphatic rings. The molecular weight excluding hydrogens is 164 g/mol. The van der Waals surface area contributed by atoms with E-state index >= 15 is 0 Å². The van der Waals surface area contributed by atoms with Gasteiger partial charge in [0.1, 0.15) is 0 Å². The first-order chi connectivity index (χ1) is 6.15. The molecule has 1 aromatic heterocycles. The molecule has 0 aliphatic carbocycles. The maximum atomic E-state index is 11.6. The lowest BCUT2D eigenvalue weighted by Gasteiger charge is -2.10. The largest absolute Gasteiger partial charge is 0.365 e. The first kappa shape index (κ1) is 9.84. The molecule has 1 unspecified atom stereocenters. The number of aryl methyl sites for hydroxylation is 1. The number of rotatable bonds is 3. The number of hydrogen-bond donors (Lipinski definition) is 2. The van der Waals surface area contributed by atoms with Gasteiger partial charge in [-0.25, -0.2) is 0 Å². The van der Waals surface area contributed by atoms with Crippen LogP contribution in [0.5, 0.6) is 0 Å². The average molecular weight is 180 g/mol. The van der Waals surface area contributed by atoms with E-state index in [-0.39, 0.29) is 11.9 Å². The molecule has 0 saturated carbocycles. The summed E-state index contributed by atoms with van der Waals surface area (Å²) in [6.07, 6.45) is 2.73. The molecule has 1 rings (SSSR count). The van der Waals surface area contributed by atoms with Crippen LogP contribution in [0.4, 0.5) is 0 Å². The van der Waals surface area contributed by atoms with Crippen LogP contribution >= 0.6 is 0 Å². The van der Waals surface area contributed by atoms with E-state index in [1.165, 1.54) is 0 Å². The molecule has 72 valence electrons. The van der Waals surface area contributed by atoms with Crippen molar-refractivity contribution in [1.29, 1.82) is 0 Å². The quantitative estimate of drug-likeness (QED) is 0.732. The van der Waals surface area contributed by atoms with Crippen LogP contribution in [0, 0.1) is 6.92 Å². The van der Waals surface area contributed by atoms with Crippen molar-refractivity contribution in [2.24, 2.45) is 0 Å². The summed E-state index contributed by atoms with van der Waals surface area (Å²) in [6, 6.07) is 2.04. The summed E-state index contributed by atoms with van der Waals surface area (Å²) in [6.45, 7) is 5.94. The Kier molecular flexibility index (Phi) is 3.12. The SMILES string of the molecule is CCC(C)NC(=O)c1cc[nH]c1C. The smallest absolute Gasteiger partial charge is 0.253 e. The molecule has 1 heterocycles. The molecule has 0 spiro atoms. The number of aromatic amines is 1. The van der Waals surface area contributed by atoms with Crippen LogP contribution in [-0.2, 0) is 0 Å². The van der Waals surface area contributed by atoms with Gasteiger partial charge in [0, 0.05) is 17.9 Å². The monoisotopic (exact) mass is 180 g/mol. The lowest BCUT2D eigenvalue weighted by Crippen LogP contribution is -2.32. The average Bonchev–Trinajstić information content (AvgIpc) is 2.51. The summed E-state index contributed by atoms with van der Waals surface area (Å²) in [5.41, 5.74) is 1.65. The number of carbonyl (C=O) groups excluding carboxylic acids is 1. The Morgan fingerprint density at radius 2 is 2.38 bits per heavy atom. The van der Waals surface area contributed by atoms with E-state index < -0.39 is 0 Å². The zero-order valence-corrected chi connectivity index (χ0v) is 8.35. The van der Waals surface area contributed by atoms with Gasteiger partial charge in [-0.3, -0.25) is 4.79 Å². The van der Waals surface area contributed by atoms with Gasteiger partial charge < -0.3 is 10.3 Å². The van der Waals surface area contributed by atoms with Gasteiger partial charge in [0.2, 0.25) is 0 Å². The van der Waals surface area contributed by atoms with E-state index in [1.54, 1.807) is 12.3 Å². The molecule has 0 aliphatic heterocycles. The number of H-pyrrole nitrogens is 1. The molecule has 0 radical (unpaired) electrons. The van der Waals surface area contributed by atoms with Crippen LogP contribution in [0.2, 0.25) is 0 Å². The fourth-order valence-corrected chi connectivity index (χ4v) is 1.10. The summed E-state index contributed by atoms with van der Waals surface area (Å²) in [5.74, 6) is 0.00750. The third-order valence-corrected chi connectivity index (χ3v) is 2.19. The maximum Gasteiger partial charge on any atom is 0.253 e. The van der Waals surface area contributed by atoms with E-state index in [0.29, 0.717) is 0 Å². The van der Waals surface area contributed by atoms with Crippen molar-refractivity contribution in [3.63, 3.8) is 0 Å². The highest BCUT2D eigenvalue weighted by atomic mass is 16.1. The predicted octanol–water partition coefficient (Wildman–Crippen LogP) is 1.85. The third-order valence-electron chi connectivity index (χ3n) is 2.19. The standard InChI is InChI=1S/C10H16N2O/c1-4-7(2)12-10(13)9-5-6-11-8(9)3/h5-7,11H,4H2,1-3H3,(H,12,13). The van der Waals surface area contributed by atoms with E-state index in [0.717, 1.165) is 17.7 Å². The number of amides is 1. The second-order valence-electron chi connectivity index (χ2n) is 3.30. The zero-order chi connectivity index (χ0) is 9.84. The minimum Gasteiger partial charge on any atom is -0.365 e. The van der Waals surface area contributed by atoms with E-state index in [1.807, 2.05) is 13.8 Å². The summed E-state index contributed by atoms with van der Waals surface area (Å²) < 4.78 is 0. The van der Waals surface area contributed by atoms with E-state index in [2.05, 4.69) is 17.2 Å². The highest BCUT2D eigenvalue weighted by molar-refractivity contribution is 5.95. The van der Waals surface area contributed by atoms with Crippen LogP contribution in [-0.4, -0.2) is 16.9 Å². The van der Waals surface area contributed by atoms with Crippen molar-refractivity contribution < 1.29 is 4.79 Å². The molecule has 2 N–H and O–H groups in total. The van der Waals surface area contributed by atoms with Gasteiger partial charge in [0.25, 0.3) is 5.91 Å². The molecule has 0 saturated heterocycles. The molecule has 1 atom stereocenters. The Bertz CT molecular complexity index is 291. The zero-order valence-electron chi connectivity index (χ0n) is 8.35.